The van der Waals surface area contributed by atoms with Gasteiger partial charge in [0.2, 0.25) is 0 Å². The van der Waals surface area contributed by atoms with E-state index in [1.165, 1.54) is 0 Å². The molecule has 2 aromatic carbocycles. The summed E-state index contributed by atoms with van der Waals surface area (Å²) in [4.78, 5) is 12.6. The Morgan fingerprint density at radius 1 is 1.10 bits per heavy atom. The van der Waals surface area contributed by atoms with Crippen LogP contribution in [0.4, 0.5) is 11.4 Å². The molecule has 1 unspecified atom stereocenters. The van der Waals surface area contributed by atoms with Gasteiger partial charge in [-0.15, -0.1) is 0 Å². The number of hydrogen-bond acceptors (Lipinski definition) is 4. The van der Waals surface area contributed by atoms with Crippen molar-refractivity contribution in [3.05, 3.63) is 70.3 Å². The Labute approximate surface area is 117 Å². The summed E-state index contributed by atoms with van der Waals surface area (Å²) in [6, 6.07) is 16.9. The van der Waals surface area contributed by atoms with E-state index in [1.807, 2.05) is 30.3 Å². The first-order valence-corrected chi connectivity index (χ1v) is 6.55. The average Bonchev–Trinajstić information content (AvgIpc) is 2.97. The molecule has 1 aliphatic heterocycles. The first-order valence-electron chi connectivity index (χ1n) is 6.55. The molecular formula is C15H15N3O2. The average molecular weight is 269 g/mol. The summed E-state index contributed by atoms with van der Waals surface area (Å²) < 4.78 is 0. The molecule has 1 fully saturated rings. The molecule has 0 amide bonds. The second-order valence-electron chi connectivity index (χ2n) is 4.73. The van der Waals surface area contributed by atoms with Crippen molar-refractivity contribution in [3.63, 3.8) is 0 Å². The lowest BCUT2D eigenvalue weighted by atomic mass is 10.1. The molecule has 1 heterocycles. The van der Waals surface area contributed by atoms with E-state index in [0.717, 1.165) is 24.3 Å². The maximum Gasteiger partial charge on any atom is 0.269 e. The molecule has 3 rings (SSSR count). The summed E-state index contributed by atoms with van der Waals surface area (Å²) in [5.41, 5.74) is 2.32. The molecule has 20 heavy (non-hydrogen) atoms. The third kappa shape index (κ3) is 2.35. The van der Waals surface area contributed by atoms with E-state index < -0.39 is 0 Å². The van der Waals surface area contributed by atoms with Gasteiger partial charge in [0, 0.05) is 30.9 Å². The minimum Gasteiger partial charge on any atom is -0.351 e. The molecule has 1 atom stereocenters. The minimum atomic E-state index is -0.374. The molecule has 0 spiro atoms. The zero-order chi connectivity index (χ0) is 13.9. The number of nitro benzene ring substituents is 1. The van der Waals surface area contributed by atoms with E-state index >= 15 is 0 Å². The third-order valence-corrected chi connectivity index (χ3v) is 3.51. The molecule has 1 saturated heterocycles. The number of anilines is 1. The smallest absolute Gasteiger partial charge is 0.269 e. The van der Waals surface area contributed by atoms with E-state index in [4.69, 9.17) is 0 Å². The fraction of sp³-hybridized carbons (Fsp3) is 0.200. The van der Waals surface area contributed by atoms with Crippen LogP contribution >= 0.6 is 0 Å². The molecule has 5 nitrogen and oxygen atoms in total. The highest BCUT2D eigenvalue weighted by Gasteiger charge is 2.25. The lowest BCUT2D eigenvalue weighted by molar-refractivity contribution is -0.384. The quantitative estimate of drug-likeness (QED) is 0.687. The number of nitrogens with one attached hydrogen (secondary N) is 1. The Morgan fingerprint density at radius 3 is 2.45 bits per heavy atom. The van der Waals surface area contributed by atoms with Gasteiger partial charge in [-0.3, -0.25) is 15.4 Å². The van der Waals surface area contributed by atoms with Crippen molar-refractivity contribution >= 4 is 11.4 Å². The van der Waals surface area contributed by atoms with Gasteiger partial charge in [0.05, 0.1) is 4.92 Å². The maximum absolute atomic E-state index is 10.7. The summed E-state index contributed by atoms with van der Waals surface area (Å²) in [5.74, 6) is 0. The Balaban J connectivity index is 1.87. The van der Waals surface area contributed by atoms with Crippen molar-refractivity contribution in [2.45, 2.75) is 6.17 Å². The minimum absolute atomic E-state index is 0.0678. The van der Waals surface area contributed by atoms with E-state index in [1.54, 1.807) is 12.1 Å². The Bertz CT molecular complexity index is 598. The van der Waals surface area contributed by atoms with Crippen LogP contribution in [0.5, 0.6) is 0 Å². The van der Waals surface area contributed by atoms with Gasteiger partial charge in [0.1, 0.15) is 6.17 Å². The monoisotopic (exact) mass is 269 g/mol. The summed E-state index contributed by atoms with van der Waals surface area (Å²) >= 11 is 0. The molecular weight excluding hydrogens is 254 g/mol. The van der Waals surface area contributed by atoms with Gasteiger partial charge in [-0.2, -0.15) is 0 Å². The van der Waals surface area contributed by atoms with Crippen LogP contribution in [0.1, 0.15) is 11.7 Å². The van der Waals surface area contributed by atoms with E-state index in [-0.39, 0.29) is 16.8 Å². The molecule has 2 aromatic rings. The first-order chi connectivity index (χ1) is 9.75. The van der Waals surface area contributed by atoms with Crippen molar-refractivity contribution in [1.29, 1.82) is 0 Å². The second kappa shape index (κ2) is 5.30. The zero-order valence-electron chi connectivity index (χ0n) is 10.9. The molecule has 0 aliphatic carbocycles. The predicted molar refractivity (Wildman–Crippen MR) is 77.6 cm³/mol. The highest BCUT2D eigenvalue weighted by atomic mass is 16.6. The largest absolute Gasteiger partial charge is 0.351 e. The van der Waals surface area contributed by atoms with Crippen LogP contribution in [-0.2, 0) is 0 Å². The maximum atomic E-state index is 10.7. The normalized spacial score (nSPS) is 18.2. The van der Waals surface area contributed by atoms with Crippen molar-refractivity contribution < 1.29 is 4.92 Å². The highest BCUT2D eigenvalue weighted by molar-refractivity contribution is 5.50. The first kappa shape index (κ1) is 12.6. The van der Waals surface area contributed by atoms with E-state index in [0.29, 0.717) is 0 Å². The Morgan fingerprint density at radius 2 is 1.80 bits per heavy atom. The van der Waals surface area contributed by atoms with Gasteiger partial charge in [0.25, 0.3) is 5.69 Å². The van der Waals surface area contributed by atoms with Crippen LogP contribution in [-0.4, -0.2) is 18.0 Å². The van der Waals surface area contributed by atoms with Crippen molar-refractivity contribution in [3.8, 4) is 0 Å². The highest BCUT2D eigenvalue weighted by Crippen LogP contribution is 2.28. The lowest BCUT2D eigenvalue weighted by Gasteiger charge is -2.26. The molecule has 5 heteroatoms. The van der Waals surface area contributed by atoms with Gasteiger partial charge in [-0.1, -0.05) is 18.2 Å². The van der Waals surface area contributed by atoms with Gasteiger partial charge in [-0.05, 0) is 29.8 Å². The van der Waals surface area contributed by atoms with Crippen LogP contribution in [0.25, 0.3) is 0 Å². The number of para-hydroxylation sites is 1. The summed E-state index contributed by atoms with van der Waals surface area (Å²) in [6.07, 6.45) is 0.0678. The number of nitro groups is 1. The van der Waals surface area contributed by atoms with Crippen LogP contribution in [0, 0.1) is 10.1 Å². The molecule has 0 saturated carbocycles. The van der Waals surface area contributed by atoms with E-state index in [9.17, 15) is 10.1 Å². The van der Waals surface area contributed by atoms with E-state index in [2.05, 4.69) is 22.3 Å². The number of nitrogens with zero attached hydrogens (tertiary/aromatic N) is 2. The number of rotatable bonds is 3. The van der Waals surface area contributed by atoms with Gasteiger partial charge in [0.15, 0.2) is 0 Å². The SMILES string of the molecule is O=[N+]([O-])c1ccc(C2NCCN2c2ccccc2)cc1. The summed E-state index contributed by atoms with van der Waals surface area (Å²) in [6.45, 7) is 1.82. The van der Waals surface area contributed by atoms with Crippen LogP contribution < -0.4 is 10.2 Å². The second-order valence-corrected chi connectivity index (χ2v) is 4.73. The van der Waals surface area contributed by atoms with Crippen molar-refractivity contribution in [2.75, 3.05) is 18.0 Å². The fourth-order valence-electron chi connectivity index (χ4n) is 2.53. The molecule has 1 N–H and O–H groups in total. The Kier molecular flexibility index (Phi) is 3.35. The zero-order valence-corrected chi connectivity index (χ0v) is 10.9. The molecule has 0 aromatic heterocycles. The number of non-ortho nitro benzene ring substituents is 1. The number of hydrogen-bond donors (Lipinski definition) is 1. The predicted octanol–water partition coefficient (Wildman–Crippen LogP) is 2.70. The molecule has 1 aliphatic rings. The van der Waals surface area contributed by atoms with Gasteiger partial charge in [-0.25, -0.2) is 0 Å². The number of benzene rings is 2. The van der Waals surface area contributed by atoms with Gasteiger partial charge >= 0.3 is 0 Å². The summed E-state index contributed by atoms with van der Waals surface area (Å²) in [5, 5.41) is 14.1. The van der Waals surface area contributed by atoms with Crippen molar-refractivity contribution in [2.24, 2.45) is 0 Å². The standard InChI is InChI=1S/C15H15N3O2/c19-18(20)14-8-6-12(7-9-14)15-16-10-11-17(15)13-4-2-1-3-5-13/h1-9,15-16H,10-11H2. The molecule has 0 radical (unpaired) electrons. The van der Waals surface area contributed by atoms with Crippen LogP contribution in [0.3, 0.4) is 0 Å². The van der Waals surface area contributed by atoms with Gasteiger partial charge < -0.3 is 4.90 Å². The fourth-order valence-corrected chi connectivity index (χ4v) is 2.53. The topological polar surface area (TPSA) is 58.4 Å². The Hall–Kier alpha value is -2.40. The van der Waals surface area contributed by atoms with Crippen LogP contribution in [0.2, 0.25) is 0 Å². The van der Waals surface area contributed by atoms with Crippen LogP contribution in [0.15, 0.2) is 54.6 Å². The summed E-state index contributed by atoms with van der Waals surface area (Å²) in [7, 11) is 0. The molecule has 102 valence electrons. The van der Waals surface area contributed by atoms with Crippen molar-refractivity contribution in [1.82, 2.24) is 5.32 Å². The third-order valence-electron chi connectivity index (χ3n) is 3.51. The molecule has 0 bridgehead atoms. The lowest BCUT2D eigenvalue weighted by Crippen LogP contribution is -2.27.